The molecular weight excluding hydrogens is 438 g/mol. The fourth-order valence-corrected chi connectivity index (χ4v) is 3.55. The summed E-state index contributed by atoms with van der Waals surface area (Å²) < 4.78 is 0. The van der Waals surface area contributed by atoms with Crippen LogP contribution in [-0.2, 0) is 16.0 Å². The summed E-state index contributed by atoms with van der Waals surface area (Å²) in [6.07, 6.45) is 0.295. The molecule has 0 fully saturated rings. The standard InChI is InChI=1S/C24H25N5O5/c1-12(9-14-3-8-18-17(11-14)20(25)29-24(26)28-18)15-4-6-16(7-5-15)21(30)27-19(23(33)34)10-13(2)22(31)32/h3-8,11-12,19H,2,9-10H2,1H3,(H,27,30)(H,31,32)(H,33,34)(H4,25,26,28,29). The van der Waals surface area contributed by atoms with E-state index in [9.17, 15) is 19.5 Å². The first-order chi connectivity index (χ1) is 16.0. The molecule has 0 aliphatic rings. The van der Waals surface area contributed by atoms with Gasteiger partial charge >= 0.3 is 11.9 Å². The van der Waals surface area contributed by atoms with Gasteiger partial charge in [-0.2, -0.15) is 4.98 Å². The largest absolute Gasteiger partial charge is 0.480 e. The van der Waals surface area contributed by atoms with Gasteiger partial charge in [-0.15, -0.1) is 0 Å². The second-order valence-corrected chi connectivity index (χ2v) is 8.02. The third-order valence-electron chi connectivity index (χ3n) is 5.45. The monoisotopic (exact) mass is 463 g/mol. The van der Waals surface area contributed by atoms with E-state index in [4.69, 9.17) is 16.6 Å². The number of nitrogen functional groups attached to an aromatic ring is 2. The predicted molar refractivity (Wildman–Crippen MR) is 127 cm³/mol. The summed E-state index contributed by atoms with van der Waals surface area (Å²) in [5, 5.41) is 21.3. The Morgan fingerprint density at radius 1 is 1.06 bits per heavy atom. The molecule has 3 aromatic rings. The molecule has 0 spiro atoms. The number of aliphatic carboxylic acids is 2. The van der Waals surface area contributed by atoms with E-state index < -0.39 is 30.3 Å². The number of carbonyl (C=O) groups is 3. The van der Waals surface area contributed by atoms with Crippen LogP contribution >= 0.6 is 0 Å². The first-order valence-electron chi connectivity index (χ1n) is 10.4. The molecule has 0 radical (unpaired) electrons. The van der Waals surface area contributed by atoms with Crippen LogP contribution in [0.2, 0.25) is 0 Å². The van der Waals surface area contributed by atoms with Gasteiger partial charge in [0.05, 0.1) is 5.52 Å². The minimum Gasteiger partial charge on any atom is -0.480 e. The predicted octanol–water partition coefficient (Wildman–Crippen LogP) is 2.35. The summed E-state index contributed by atoms with van der Waals surface area (Å²) in [5.41, 5.74) is 14.2. The SMILES string of the molecule is C=C(CC(NC(=O)c1ccc(C(C)Cc2ccc3nc(N)nc(N)c3c2)cc1)C(=O)O)C(=O)O. The number of benzene rings is 2. The highest BCUT2D eigenvalue weighted by atomic mass is 16.4. The van der Waals surface area contributed by atoms with Crippen molar-refractivity contribution < 1.29 is 24.6 Å². The molecule has 0 saturated heterocycles. The number of rotatable bonds is 9. The highest BCUT2D eigenvalue weighted by Gasteiger charge is 2.23. The maximum absolute atomic E-state index is 12.5. The fraction of sp³-hybridized carbons (Fsp3) is 0.208. The van der Waals surface area contributed by atoms with E-state index in [0.29, 0.717) is 17.8 Å². The number of nitrogens with zero attached hydrogens (tertiary/aromatic N) is 2. The van der Waals surface area contributed by atoms with Gasteiger partial charge in [0.2, 0.25) is 5.95 Å². The van der Waals surface area contributed by atoms with Crippen LogP contribution < -0.4 is 16.8 Å². The van der Waals surface area contributed by atoms with Crippen molar-refractivity contribution in [3.63, 3.8) is 0 Å². The van der Waals surface area contributed by atoms with Crippen molar-refractivity contribution in [2.75, 3.05) is 11.5 Å². The van der Waals surface area contributed by atoms with Gasteiger partial charge in [0, 0.05) is 22.9 Å². The normalized spacial score (nSPS) is 12.6. The van der Waals surface area contributed by atoms with Crippen molar-refractivity contribution >= 4 is 40.5 Å². The molecule has 1 heterocycles. The van der Waals surface area contributed by atoms with Crippen molar-refractivity contribution in [1.82, 2.24) is 15.3 Å². The van der Waals surface area contributed by atoms with E-state index in [1.54, 1.807) is 24.3 Å². The van der Waals surface area contributed by atoms with E-state index >= 15 is 0 Å². The number of fused-ring (bicyclic) bond motifs is 1. The lowest BCUT2D eigenvalue weighted by atomic mass is 9.92. The van der Waals surface area contributed by atoms with Crippen LogP contribution in [0, 0.1) is 0 Å². The number of carbonyl (C=O) groups excluding carboxylic acids is 1. The Morgan fingerprint density at radius 3 is 2.35 bits per heavy atom. The van der Waals surface area contributed by atoms with Crippen LogP contribution in [0.15, 0.2) is 54.6 Å². The van der Waals surface area contributed by atoms with Crippen LogP contribution in [0.25, 0.3) is 10.9 Å². The molecule has 2 atom stereocenters. The molecule has 7 N–H and O–H groups in total. The average molecular weight is 463 g/mol. The lowest BCUT2D eigenvalue weighted by Gasteiger charge is -2.16. The van der Waals surface area contributed by atoms with Crippen molar-refractivity contribution in [3.8, 4) is 0 Å². The second-order valence-electron chi connectivity index (χ2n) is 8.02. The number of hydrogen-bond acceptors (Lipinski definition) is 7. The molecule has 0 aliphatic heterocycles. The highest BCUT2D eigenvalue weighted by Crippen LogP contribution is 2.25. The maximum Gasteiger partial charge on any atom is 0.331 e. The Balaban J connectivity index is 1.69. The topological polar surface area (TPSA) is 182 Å². The lowest BCUT2D eigenvalue weighted by Crippen LogP contribution is -2.41. The van der Waals surface area contributed by atoms with Crippen molar-refractivity contribution in [2.24, 2.45) is 0 Å². The third-order valence-corrected chi connectivity index (χ3v) is 5.45. The third kappa shape index (κ3) is 5.66. The Bertz CT molecular complexity index is 1270. The number of nitrogens with two attached hydrogens (primary N) is 2. The summed E-state index contributed by atoms with van der Waals surface area (Å²) in [4.78, 5) is 43.0. The summed E-state index contributed by atoms with van der Waals surface area (Å²) >= 11 is 0. The molecular formula is C24H25N5O5. The quantitative estimate of drug-likeness (QED) is 0.297. The zero-order valence-corrected chi connectivity index (χ0v) is 18.5. The molecule has 10 heteroatoms. The molecule has 0 aliphatic carbocycles. The van der Waals surface area contributed by atoms with Crippen LogP contribution in [-0.4, -0.2) is 44.1 Å². The van der Waals surface area contributed by atoms with Gasteiger partial charge in [0.25, 0.3) is 5.91 Å². The van der Waals surface area contributed by atoms with Crippen LogP contribution in [0.5, 0.6) is 0 Å². The number of hydrogen-bond donors (Lipinski definition) is 5. The minimum atomic E-state index is -1.39. The van der Waals surface area contributed by atoms with E-state index in [1.165, 1.54) is 0 Å². The van der Waals surface area contributed by atoms with Gasteiger partial charge in [-0.05, 0) is 47.7 Å². The molecule has 2 unspecified atom stereocenters. The molecule has 34 heavy (non-hydrogen) atoms. The molecule has 2 aromatic carbocycles. The molecule has 10 nitrogen and oxygen atoms in total. The minimum absolute atomic E-state index is 0.108. The molecule has 1 aromatic heterocycles. The summed E-state index contributed by atoms with van der Waals surface area (Å²) in [6.45, 7) is 5.36. The van der Waals surface area contributed by atoms with Crippen LogP contribution in [0.1, 0.15) is 40.7 Å². The molecule has 0 saturated carbocycles. The maximum atomic E-state index is 12.5. The average Bonchev–Trinajstić information content (AvgIpc) is 2.78. The van der Waals surface area contributed by atoms with E-state index in [1.807, 2.05) is 25.1 Å². The van der Waals surface area contributed by atoms with Gasteiger partial charge in [0.15, 0.2) is 0 Å². The fourth-order valence-electron chi connectivity index (χ4n) is 3.55. The van der Waals surface area contributed by atoms with E-state index in [0.717, 1.165) is 16.5 Å². The Hall–Kier alpha value is -4.47. The van der Waals surface area contributed by atoms with Crippen molar-refractivity contribution in [1.29, 1.82) is 0 Å². The Morgan fingerprint density at radius 2 is 1.74 bits per heavy atom. The number of carboxylic acid groups (broad SMARTS) is 2. The number of carboxylic acids is 2. The van der Waals surface area contributed by atoms with Crippen LogP contribution in [0.4, 0.5) is 11.8 Å². The zero-order valence-electron chi connectivity index (χ0n) is 18.5. The van der Waals surface area contributed by atoms with Gasteiger partial charge < -0.3 is 27.0 Å². The number of anilines is 2. The van der Waals surface area contributed by atoms with Gasteiger partial charge in [-0.3, -0.25) is 4.79 Å². The van der Waals surface area contributed by atoms with Gasteiger partial charge in [0.1, 0.15) is 11.9 Å². The number of aromatic nitrogens is 2. The first kappa shape index (κ1) is 24.2. The summed E-state index contributed by atoms with van der Waals surface area (Å²) in [7, 11) is 0. The zero-order chi connectivity index (χ0) is 25.0. The van der Waals surface area contributed by atoms with Crippen molar-refractivity contribution in [3.05, 3.63) is 71.3 Å². The summed E-state index contributed by atoms with van der Waals surface area (Å²) in [5.74, 6) is -2.73. The van der Waals surface area contributed by atoms with Gasteiger partial charge in [-0.25, -0.2) is 14.6 Å². The Kier molecular flexibility index (Phi) is 7.10. The number of nitrogens with one attached hydrogen (secondary N) is 1. The van der Waals surface area contributed by atoms with Crippen LogP contribution in [0.3, 0.4) is 0 Å². The van der Waals surface area contributed by atoms with E-state index in [-0.39, 0.29) is 23.0 Å². The highest BCUT2D eigenvalue weighted by molar-refractivity contribution is 5.97. The first-order valence-corrected chi connectivity index (χ1v) is 10.4. The molecule has 3 rings (SSSR count). The van der Waals surface area contributed by atoms with Gasteiger partial charge in [-0.1, -0.05) is 31.7 Å². The number of amides is 1. The van der Waals surface area contributed by atoms with Crippen molar-refractivity contribution in [2.45, 2.75) is 31.7 Å². The molecule has 176 valence electrons. The molecule has 1 amide bonds. The summed E-state index contributed by atoms with van der Waals surface area (Å²) in [6, 6.07) is 11.1. The molecule has 0 bridgehead atoms. The lowest BCUT2D eigenvalue weighted by molar-refractivity contribution is -0.139. The Labute approximate surface area is 195 Å². The second kappa shape index (κ2) is 9.99. The smallest absolute Gasteiger partial charge is 0.331 e. The van der Waals surface area contributed by atoms with E-state index in [2.05, 4.69) is 21.9 Å².